The van der Waals surface area contributed by atoms with Crippen LogP contribution in [0.5, 0.6) is 0 Å². The van der Waals surface area contributed by atoms with Crippen LogP contribution < -0.4 is 5.73 Å². The molecule has 18 heavy (non-hydrogen) atoms. The van der Waals surface area contributed by atoms with Gasteiger partial charge in [0, 0.05) is 23.8 Å². The van der Waals surface area contributed by atoms with Crippen molar-refractivity contribution in [1.82, 2.24) is 9.55 Å². The molecule has 1 atom stereocenters. The van der Waals surface area contributed by atoms with Gasteiger partial charge in [0.1, 0.15) is 0 Å². The average molecular weight is 241 g/mol. The number of fused-ring (bicyclic) bond motifs is 1. The molecule has 0 amide bonds. The number of rotatable bonds is 1. The normalized spacial score (nSPS) is 18.7. The highest BCUT2D eigenvalue weighted by molar-refractivity contribution is 5.64. The topological polar surface area (TPSA) is 43.8 Å². The molecule has 3 rings (SSSR count). The van der Waals surface area contributed by atoms with Crippen LogP contribution in [0.4, 0.5) is 0 Å². The fourth-order valence-corrected chi connectivity index (χ4v) is 2.85. The van der Waals surface area contributed by atoms with Crippen molar-refractivity contribution in [3.63, 3.8) is 0 Å². The maximum atomic E-state index is 6.00. The molecule has 3 nitrogen and oxygen atoms in total. The number of benzene rings is 1. The zero-order chi connectivity index (χ0) is 12.7. The number of aromatic nitrogens is 2. The van der Waals surface area contributed by atoms with E-state index in [1.807, 2.05) is 6.33 Å². The summed E-state index contributed by atoms with van der Waals surface area (Å²) in [5, 5.41) is 0. The Hall–Kier alpha value is -1.61. The van der Waals surface area contributed by atoms with Crippen LogP contribution in [0, 0.1) is 13.8 Å². The molecule has 3 heteroatoms. The summed E-state index contributed by atoms with van der Waals surface area (Å²) in [5.74, 6) is 0. The van der Waals surface area contributed by atoms with Crippen molar-refractivity contribution >= 4 is 0 Å². The molecule has 94 valence electrons. The van der Waals surface area contributed by atoms with Gasteiger partial charge in [0.05, 0.1) is 12.0 Å². The summed E-state index contributed by atoms with van der Waals surface area (Å²) in [5.41, 5.74) is 12.3. The van der Waals surface area contributed by atoms with E-state index in [1.165, 1.54) is 22.4 Å². The molecule has 0 spiro atoms. The summed E-state index contributed by atoms with van der Waals surface area (Å²) in [6.45, 7) is 5.16. The lowest BCUT2D eigenvalue weighted by atomic mass is 9.99. The Morgan fingerprint density at radius 1 is 1.22 bits per heavy atom. The number of nitrogens with two attached hydrogens (primary N) is 1. The minimum Gasteiger partial charge on any atom is -0.332 e. The van der Waals surface area contributed by atoms with Gasteiger partial charge in [-0.2, -0.15) is 0 Å². The molecule has 0 aliphatic carbocycles. The lowest BCUT2D eigenvalue weighted by Crippen LogP contribution is -2.31. The van der Waals surface area contributed by atoms with E-state index in [0.29, 0.717) is 0 Å². The third kappa shape index (κ3) is 1.95. The van der Waals surface area contributed by atoms with E-state index in [0.717, 1.165) is 25.1 Å². The molecule has 0 fully saturated rings. The van der Waals surface area contributed by atoms with Crippen LogP contribution in [0.2, 0.25) is 0 Å². The Bertz CT molecular complexity index is 563. The average Bonchev–Trinajstić information content (AvgIpc) is 2.70. The summed E-state index contributed by atoms with van der Waals surface area (Å²) in [6, 6.07) is 6.90. The first-order valence-corrected chi connectivity index (χ1v) is 6.52. The Balaban J connectivity index is 2.07. The van der Waals surface area contributed by atoms with E-state index in [9.17, 15) is 0 Å². The number of imidazole rings is 1. The fourth-order valence-electron chi connectivity index (χ4n) is 2.85. The van der Waals surface area contributed by atoms with Crippen molar-refractivity contribution in [3.05, 3.63) is 41.3 Å². The smallest absolute Gasteiger partial charge is 0.0956 e. The number of hydrogen-bond acceptors (Lipinski definition) is 2. The summed E-state index contributed by atoms with van der Waals surface area (Å²) in [4.78, 5) is 4.59. The second-order valence-corrected chi connectivity index (χ2v) is 5.37. The van der Waals surface area contributed by atoms with Crippen molar-refractivity contribution in [2.75, 3.05) is 0 Å². The first kappa shape index (κ1) is 11.5. The maximum Gasteiger partial charge on any atom is 0.0956 e. The predicted octanol–water partition coefficient (Wildman–Crippen LogP) is 2.44. The first-order valence-electron chi connectivity index (χ1n) is 6.52. The van der Waals surface area contributed by atoms with Gasteiger partial charge >= 0.3 is 0 Å². The summed E-state index contributed by atoms with van der Waals surface area (Å²) in [6.07, 6.45) is 4.02. The lowest BCUT2D eigenvalue weighted by molar-refractivity contribution is 0.461. The van der Waals surface area contributed by atoms with Gasteiger partial charge < -0.3 is 10.3 Å². The maximum absolute atomic E-state index is 6.00. The van der Waals surface area contributed by atoms with Crippen LogP contribution in [0.15, 0.2) is 24.5 Å². The molecule has 0 radical (unpaired) electrons. The van der Waals surface area contributed by atoms with E-state index in [1.54, 1.807) is 0 Å². The highest BCUT2D eigenvalue weighted by Gasteiger charge is 2.20. The van der Waals surface area contributed by atoms with Gasteiger partial charge in [-0.3, -0.25) is 0 Å². The molecule has 0 bridgehead atoms. The van der Waals surface area contributed by atoms with Crippen molar-refractivity contribution in [3.8, 4) is 11.3 Å². The van der Waals surface area contributed by atoms with Crippen molar-refractivity contribution in [2.24, 2.45) is 5.73 Å². The molecule has 1 aromatic carbocycles. The molecule has 2 N–H and O–H groups in total. The number of aryl methyl sites for hydroxylation is 2. The van der Waals surface area contributed by atoms with E-state index in [-0.39, 0.29) is 6.04 Å². The molecule has 2 heterocycles. The van der Waals surface area contributed by atoms with Gasteiger partial charge in [0.15, 0.2) is 0 Å². The monoisotopic (exact) mass is 241 g/mol. The molecule has 1 aliphatic heterocycles. The van der Waals surface area contributed by atoms with Crippen molar-refractivity contribution < 1.29 is 0 Å². The van der Waals surface area contributed by atoms with Gasteiger partial charge in [0.25, 0.3) is 0 Å². The Labute approximate surface area is 108 Å². The molecule has 2 aromatic rings. The zero-order valence-electron chi connectivity index (χ0n) is 11.0. The van der Waals surface area contributed by atoms with Gasteiger partial charge in [-0.15, -0.1) is 0 Å². The molecule has 1 unspecified atom stereocenters. The molecule has 1 aromatic heterocycles. The second kappa shape index (κ2) is 4.25. The summed E-state index contributed by atoms with van der Waals surface area (Å²) in [7, 11) is 0. The zero-order valence-corrected chi connectivity index (χ0v) is 11.0. The Morgan fingerprint density at radius 3 is 2.67 bits per heavy atom. The first-order chi connectivity index (χ1) is 8.63. The quantitative estimate of drug-likeness (QED) is 0.833. The Kier molecular flexibility index (Phi) is 2.71. The van der Waals surface area contributed by atoms with Gasteiger partial charge in [-0.1, -0.05) is 17.2 Å². The molecule has 0 saturated heterocycles. The standard InChI is InChI=1S/C15H19N3/c1-10-5-11(2)7-12(6-10)15-14-4-3-13(16)8-18(14)9-17-15/h5-7,9,13H,3-4,8,16H2,1-2H3. The van der Waals surface area contributed by atoms with Gasteiger partial charge in [-0.25, -0.2) is 4.98 Å². The van der Waals surface area contributed by atoms with Crippen LogP contribution in [0.25, 0.3) is 11.3 Å². The highest BCUT2D eigenvalue weighted by atomic mass is 15.1. The van der Waals surface area contributed by atoms with Gasteiger partial charge in [-0.05, 0) is 38.8 Å². The van der Waals surface area contributed by atoms with E-state index < -0.39 is 0 Å². The van der Waals surface area contributed by atoms with Crippen molar-refractivity contribution in [1.29, 1.82) is 0 Å². The van der Waals surface area contributed by atoms with E-state index >= 15 is 0 Å². The molecular weight excluding hydrogens is 222 g/mol. The van der Waals surface area contributed by atoms with Crippen LogP contribution in [-0.2, 0) is 13.0 Å². The van der Waals surface area contributed by atoms with Crippen LogP contribution >= 0.6 is 0 Å². The Morgan fingerprint density at radius 2 is 1.94 bits per heavy atom. The molecular formula is C15H19N3. The molecule has 0 saturated carbocycles. The number of nitrogens with zero attached hydrogens (tertiary/aromatic N) is 2. The van der Waals surface area contributed by atoms with E-state index in [2.05, 4.69) is 41.6 Å². The SMILES string of the molecule is Cc1cc(C)cc(-c2ncn3c2CCC(N)C3)c1. The second-order valence-electron chi connectivity index (χ2n) is 5.37. The minimum absolute atomic E-state index is 0.277. The highest BCUT2D eigenvalue weighted by Crippen LogP contribution is 2.27. The third-order valence-electron chi connectivity index (χ3n) is 3.62. The third-order valence-corrected chi connectivity index (χ3v) is 3.62. The summed E-state index contributed by atoms with van der Waals surface area (Å²) < 4.78 is 2.21. The van der Waals surface area contributed by atoms with Crippen LogP contribution in [-0.4, -0.2) is 15.6 Å². The number of hydrogen-bond donors (Lipinski definition) is 1. The molecule has 1 aliphatic rings. The minimum atomic E-state index is 0.277. The van der Waals surface area contributed by atoms with Gasteiger partial charge in [0.2, 0.25) is 0 Å². The van der Waals surface area contributed by atoms with Crippen LogP contribution in [0.3, 0.4) is 0 Å². The van der Waals surface area contributed by atoms with Crippen molar-refractivity contribution in [2.45, 2.75) is 39.3 Å². The predicted molar refractivity (Wildman–Crippen MR) is 73.4 cm³/mol. The largest absolute Gasteiger partial charge is 0.332 e. The van der Waals surface area contributed by atoms with E-state index in [4.69, 9.17) is 5.73 Å². The lowest BCUT2D eigenvalue weighted by Gasteiger charge is -2.21. The van der Waals surface area contributed by atoms with Crippen LogP contribution in [0.1, 0.15) is 23.2 Å². The fraction of sp³-hybridized carbons (Fsp3) is 0.400. The summed E-state index contributed by atoms with van der Waals surface area (Å²) >= 11 is 0.